The normalized spacial score (nSPS) is 15.1. The number of halogens is 2. The number of carbonyl (C=O) groups is 3. The molecule has 0 saturated heterocycles. The van der Waals surface area contributed by atoms with Gasteiger partial charge in [-0.15, -0.1) is 0 Å². The smallest absolute Gasteiger partial charge is 0.331 e. The maximum absolute atomic E-state index is 11.9. The zero-order valence-electron chi connectivity index (χ0n) is 13.6. The highest BCUT2D eigenvalue weighted by Crippen LogP contribution is 2.24. The summed E-state index contributed by atoms with van der Waals surface area (Å²) in [5.41, 5.74) is 0.670. The van der Waals surface area contributed by atoms with Crippen molar-refractivity contribution in [3.63, 3.8) is 0 Å². The molecule has 0 unspecified atom stereocenters. The van der Waals surface area contributed by atoms with Gasteiger partial charge in [0.25, 0.3) is 5.91 Å². The number of benzene rings is 1. The van der Waals surface area contributed by atoms with Crippen LogP contribution in [0, 0.1) is 5.92 Å². The van der Waals surface area contributed by atoms with Crippen LogP contribution in [0.5, 0.6) is 0 Å². The van der Waals surface area contributed by atoms with Gasteiger partial charge in [-0.2, -0.15) is 0 Å². The average molecular weight is 384 g/mol. The van der Waals surface area contributed by atoms with E-state index in [-0.39, 0.29) is 11.8 Å². The fourth-order valence-electron chi connectivity index (χ4n) is 2.61. The van der Waals surface area contributed by atoms with Crippen LogP contribution in [0.2, 0.25) is 10.0 Å². The number of hydrogen-bond donors (Lipinski definition) is 1. The van der Waals surface area contributed by atoms with E-state index in [2.05, 4.69) is 5.32 Å². The van der Waals surface area contributed by atoms with Crippen LogP contribution in [0.15, 0.2) is 24.3 Å². The highest BCUT2D eigenvalue weighted by molar-refractivity contribution is 6.42. The standard InChI is InChI=1S/C18H19Cl2NO4/c19-14-8-6-12(10-15(14)20)7-9-17(23)25-11-16(22)21-18(24)13-4-2-1-3-5-13/h6-10,13H,1-5,11H2,(H,21,22,24)/b9-7+. The Kier molecular flexibility index (Phi) is 7.47. The van der Waals surface area contributed by atoms with E-state index in [1.165, 1.54) is 12.2 Å². The molecule has 134 valence electrons. The van der Waals surface area contributed by atoms with Gasteiger partial charge < -0.3 is 4.74 Å². The molecule has 25 heavy (non-hydrogen) atoms. The van der Waals surface area contributed by atoms with Crippen LogP contribution in [-0.4, -0.2) is 24.4 Å². The second-order valence-corrected chi connectivity index (χ2v) is 6.68. The summed E-state index contributed by atoms with van der Waals surface area (Å²) in [7, 11) is 0. The molecule has 0 bridgehead atoms. The summed E-state index contributed by atoms with van der Waals surface area (Å²) in [5, 5.41) is 3.07. The first-order valence-electron chi connectivity index (χ1n) is 8.09. The summed E-state index contributed by atoms with van der Waals surface area (Å²) in [6.07, 6.45) is 7.39. The summed E-state index contributed by atoms with van der Waals surface area (Å²) in [6.45, 7) is -0.497. The number of nitrogens with one attached hydrogen (secondary N) is 1. The van der Waals surface area contributed by atoms with Crippen LogP contribution in [0.4, 0.5) is 0 Å². The van der Waals surface area contributed by atoms with E-state index in [9.17, 15) is 14.4 Å². The Morgan fingerprint density at radius 1 is 1.12 bits per heavy atom. The van der Waals surface area contributed by atoms with Gasteiger partial charge in [-0.1, -0.05) is 48.5 Å². The first-order valence-corrected chi connectivity index (χ1v) is 8.85. The fraction of sp³-hybridized carbons (Fsp3) is 0.389. The van der Waals surface area contributed by atoms with Gasteiger partial charge in [-0.25, -0.2) is 4.79 Å². The van der Waals surface area contributed by atoms with E-state index in [0.29, 0.717) is 15.6 Å². The third-order valence-electron chi connectivity index (χ3n) is 3.94. The van der Waals surface area contributed by atoms with E-state index in [0.717, 1.165) is 32.1 Å². The molecule has 5 nitrogen and oxygen atoms in total. The second-order valence-electron chi connectivity index (χ2n) is 5.86. The third kappa shape index (κ3) is 6.52. The predicted octanol–water partition coefficient (Wildman–Crippen LogP) is 3.77. The molecule has 1 aromatic carbocycles. The minimum absolute atomic E-state index is 0.122. The number of esters is 1. The Labute approximate surface area is 156 Å². The number of rotatable bonds is 5. The lowest BCUT2D eigenvalue weighted by atomic mass is 9.89. The fourth-order valence-corrected chi connectivity index (χ4v) is 2.91. The molecule has 0 heterocycles. The molecular formula is C18H19Cl2NO4. The first kappa shape index (κ1) is 19.5. The molecule has 1 fully saturated rings. The minimum Gasteiger partial charge on any atom is -0.452 e. The summed E-state index contributed by atoms with van der Waals surface area (Å²) < 4.78 is 4.82. The molecule has 0 radical (unpaired) electrons. The molecule has 0 spiro atoms. The lowest BCUT2D eigenvalue weighted by Crippen LogP contribution is -2.38. The van der Waals surface area contributed by atoms with E-state index < -0.39 is 18.5 Å². The third-order valence-corrected chi connectivity index (χ3v) is 4.68. The molecule has 0 atom stereocenters. The van der Waals surface area contributed by atoms with E-state index in [1.807, 2.05) is 0 Å². The number of hydrogen-bond acceptors (Lipinski definition) is 4. The molecule has 1 aliphatic carbocycles. The maximum atomic E-state index is 11.9. The predicted molar refractivity (Wildman–Crippen MR) is 96.2 cm³/mol. The van der Waals surface area contributed by atoms with E-state index in [1.54, 1.807) is 18.2 Å². The molecule has 2 rings (SSSR count). The molecule has 1 aromatic rings. The van der Waals surface area contributed by atoms with Gasteiger partial charge in [0.2, 0.25) is 5.91 Å². The quantitative estimate of drug-likeness (QED) is 0.620. The van der Waals surface area contributed by atoms with Crippen LogP contribution in [0.25, 0.3) is 6.08 Å². The number of amides is 2. The molecule has 7 heteroatoms. The van der Waals surface area contributed by atoms with Gasteiger partial charge in [0, 0.05) is 12.0 Å². The van der Waals surface area contributed by atoms with E-state index >= 15 is 0 Å². The molecular weight excluding hydrogens is 365 g/mol. The highest BCUT2D eigenvalue weighted by atomic mass is 35.5. The van der Waals surface area contributed by atoms with Crippen LogP contribution in [-0.2, 0) is 19.1 Å². The number of carbonyl (C=O) groups excluding carboxylic acids is 3. The summed E-state index contributed by atoms with van der Waals surface area (Å²) in [6, 6.07) is 4.90. The van der Waals surface area contributed by atoms with Crippen LogP contribution in [0.3, 0.4) is 0 Å². The average Bonchev–Trinajstić information content (AvgIpc) is 2.61. The molecule has 1 saturated carbocycles. The van der Waals surface area contributed by atoms with Crippen molar-refractivity contribution in [2.24, 2.45) is 5.92 Å². The summed E-state index contributed by atoms with van der Waals surface area (Å²) in [5.74, 6) is -1.71. The van der Waals surface area contributed by atoms with Crippen molar-refractivity contribution in [1.82, 2.24) is 5.32 Å². The highest BCUT2D eigenvalue weighted by Gasteiger charge is 2.22. The Bertz CT molecular complexity index is 682. The van der Waals surface area contributed by atoms with Crippen molar-refractivity contribution in [2.75, 3.05) is 6.61 Å². The van der Waals surface area contributed by atoms with Gasteiger partial charge in [0.05, 0.1) is 10.0 Å². The van der Waals surface area contributed by atoms with Crippen molar-refractivity contribution in [3.8, 4) is 0 Å². The zero-order chi connectivity index (χ0) is 18.2. The monoisotopic (exact) mass is 383 g/mol. The Hall–Kier alpha value is -1.85. The number of imide groups is 1. The zero-order valence-corrected chi connectivity index (χ0v) is 15.1. The largest absolute Gasteiger partial charge is 0.452 e. The molecule has 0 aliphatic heterocycles. The Morgan fingerprint density at radius 2 is 1.84 bits per heavy atom. The van der Waals surface area contributed by atoms with E-state index in [4.69, 9.17) is 27.9 Å². The number of ether oxygens (including phenoxy) is 1. The van der Waals surface area contributed by atoms with Crippen LogP contribution in [0.1, 0.15) is 37.7 Å². The SMILES string of the molecule is O=C(COC(=O)/C=C/c1ccc(Cl)c(Cl)c1)NC(=O)C1CCCCC1. The topological polar surface area (TPSA) is 72.5 Å². The van der Waals surface area contributed by atoms with Crippen molar-refractivity contribution in [3.05, 3.63) is 39.9 Å². The van der Waals surface area contributed by atoms with Crippen LogP contribution >= 0.6 is 23.2 Å². The van der Waals surface area contributed by atoms with Crippen LogP contribution < -0.4 is 5.32 Å². The second kappa shape index (κ2) is 9.59. The lowest BCUT2D eigenvalue weighted by Gasteiger charge is -2.20. The van der Waals surface area contributed by atoms with Gasteiger partial charge >= 0.3 is 5.97 Å². The Balaban J connectivity index is 1.74. The Morgan fingerprint density at radius 3 is 2.52 bits per heavy atom. The van der Waals surface area contributed by atoms with Crippen molar-refractivity contribution in [2.45, 2.75) is 32.1 Å². The minimum atomic E-state index is -0.689. The van der Waals surface area contributed by atoms with Crippen molar-refractivity contribution >= 4 is 47.1 Å². The summed E-state index contributed by atoms with van der Waals surface area (Å²) in [4.78, 5) is 35.2. The molecule has 2 amide bonds. The summed E-state index contributed by atoms with van der Waals surface area (Å²) >= 11 is 11.7. The molecule has 1 aliphatic rings. The molecule has 1 N–H and O–H groups in total. The van der Waals surface area contributed by atoms with Gasteiger partial charge in [0.15, 0.2) is 6.61 Å². The molecule has 0 aromatic heterocycles. The van der Waals surface area contributed by atoms with Gasteiger partial charge in [0.1, 0.15) is 0 Å². The van der Waals surface area contributed by atoms with Crippen molar-refractivity contribution in [1.29, 1.82) is 0 Å². The maximum Gasteiger partial charge on any atom is 0.331 e. The van der Waals surface area contributed by atoms with Crippen molar-refractivity contribution < 1.29 is 19.1 Å². The lowest BCUT2D eigenvalue weighted by molar-refractivity contribution is -0.146. The van der Waals surface area contributed by atoms with Gasteiger partial charge in [-0.05, 0) is 36.6 Å². The first-order chi connectivity index (χ1) is 12.0. The van der Waals surface area contributed by atoms with Gasteiger partial charge in [-0.3, -0.25) is 14.9 Å².